The molecular weight excluding hydrogens is 310 g/mol. The molecule has 1 aromatic rings. The number of fused-ring (bicyclic) bond motifs is 1. The Balaban J connectivity index is 1.61. The van der Waals surface area contributed by atoms with Crippen LogP contribution in [-0.4, -0.2) is 29.9 Å². The van der Waals surface area contributed by atoms with Crippen LogP contribution in [0.4, 0.5) is 4.79 Å². The maximum atomic E-state index is 12.3. The first kappa shape index (κ1) is 14.7. The second-order valence-electron chi connectivity index (χ2n) is 5.85. The molecule has 0 aromatic carbocycles. The van der Waals surface area contributed by atoms with Crippen LogP contribution in [0, 0.1) is 11.3 Å². The Morgan fingerprint density at radius 3 is 2.95 bits per heavy atom. The number of amides is 3. The highest BCUT2D eigenvalue weighted by molar-refractivity contribution is 7.16. The lowest BCUT2D eigenvalue weighted by Crippen LogP contribution is -2.43. The van der Waals surface area contributed by atoms with Crippen molar-refractivity contribution >= 4 is 34.9 Å². The van der Waals surface area contributed by atoms with Gasteiger partial charge in [-0.25, -0.2) is 4.79 Å². The maximum Gasteiger partial charge on any atom is 0.317 e. The molecular formula is C14H18ClN3O2S. The maximum absolute atomic E-state index is 12.3. The van der Waals surface area contributed by atoms with Crippen LogP contribution in [0.2, 0.25) is 4.34 Å². The van der Waals surface area contributed by atoms with E-state index in [9.17, 15) is 9.59 Å². The molecule has 1 aliphatic heterocycles. The van der Waals surface area contributed by atoms with Crippen molar-refractivity contribution in [2.75, 3.05) is 13.1 Å². The molecule has 0 spiro atoms. The fourth-order valence-electron chi connectivity index (χ4n) is 3.57. The molecule has 2 aliphatic rings. The van der Waals surface area contributed by atoms with Gasteiger partial charge in [-0.05, 0) is 30.9 Å². The highest BCUT2D eigenvalue weighted by atomic mass is 35.5. The Bertz CT molecular complexity index is 576. The van der Waals surface area contributed by atoms with Gasteiger partial charge in [-0.3, -0.25) is 4.79 Å². The summed E-state index contributed by atoms with van der Waals surface area (Å²) in [4.78, 5) is 26.8. The van der Waals surface area contributed by atoms with Crippen LogP contribution in [0.25, 0.3) is 0 Å². The van der Waals surface area contributed by atoms with Crippen molar-refractivity contribution in [1.82, 2.24) is 10.2 Å². The second kappa shape index (κ2) is 5.50. The highest BCUT2D eigenvalue weighted by Gasteiger charge is 2.54. The number of hydrogen-bond donors (Lipinski definition) is 2. The van der Waals surface area contributed by atoms with Gasteiger partial charge in [-0.2, -0.15) is 0 Å². The van der Waals surface area contributed by atoms with E-state index in [1.54, 1.807) is 4.90 Å². The van der Waals surface area contributed by atoms with Gasteiger partial charge in [-0.1, -0.05) is 18.0 Å². The number of rotatable bonds is 3. The van der Waals surface area contributed by atoms with Gasteiger partial charge in [0.1, 0.15) is 0 Å². The molecule has 0 unspecified atom stereocenters. The first-order chi connectivity index (χ1) is 10.0. The quantitative estimate of drug-likeness (QED) is 0.893. The van der Waals surface area contributed by atoms with Gasteiger partial charge in [0.05, 0.1) is 16.3 Å². The van der Waals surface area contributed by atoms with E-state index in [1.165, 1.54) is 11.3 Å². The predicted molar refractivity (Wildman–Crippen MR) is 82.1 cm³/mol. The van der Waals surface area contributed by atoms with Crippen LogP contribution >= 0.6 is 22.9 Å². The number of urea groups is 1. The molecule has 114 valence electrons. The van der Waals surface area contributed by atoms with Crippen molar-refractivity contribution in [2.45, 2.75) is 25.8 Å². The molecule has 3 amide bonds. The topological polar surface area (TPSA) is 75.4 Å². The van der Waals surface area contributed by atoms with Gasteiger partial charge in [-0.15, -0.1) is 11.3 Å². The van der Waals surface area contributed by atoms with E-state index < -0.39 is 5.41 Å². The minimum Gasteiger partial charge on any atom is -0.369 e. The van der Waals surface area contributed by atoms with E-state index in [-0.39, 0.29) is 17.9 Å². The fraction of sp³-hybridized carbons (Fsp3) is 0.571. The fourth-order valence-corrected chi connectivity index (χ4v) is 4.60. The monoisotopic (exact) mass is 327 g/mol. The summed E-state index contributed by atoms with van der Waals surface area (Å²) in [6.45, 7) is 1.53. The van der Waals surface area contributed by atoms with Crippen molar-refractivity contribution in [1.29, 1.82) is 0 Å². The van der Waals surface area contributed by atoms with Crippen molar-refractivity contribution in [2.24, 2.45) is 17.1 Å². The summed E-state index contributed by atoms with van der Waals surface area (Å²) in [5.74, 6) is -0.0396. The zero-order valence-electron chi connectivity index (χ0n) is 11.6. The van der Waals surface area contributed by atoms with E-state index in [0.29, 0.717) is 24.0 Å². The van der Waals surface area contributed by atoms with Gasteiger partial charge < -0.3 is 16.0 Å². The third kappa shape index (κ3) is 2.62. The summed E-state index contributed by atoms with van der Waals surface area (Å²) < 4.78 is 0.711. The second-order valence-corrected chi connectivity index (χ2v) is 7.65. The standard InChI is InChI=1S/C14H18ClN3O2S/c15-11-4-3-10(21-11)6-17-13(20)18-7-9-2-1-5-14(9,8-18)12(16)19/h3-4,9H,1-2,5-8H2,(H2,16,19)(H,17,20)/t9-,14-/m0/s1. The number of likely N-dealkylation sites (tertiary alicyclic amines) is 1. The molecule has 0 radical (unpaired) electrons. The average Bonchev–Trinajstić information content (AvgIpc) is 3.09. The molecule has 2 heterocycles. The largest absolute Gasteiger partial charge is 0.369 e. The van der Waals surface area contributed by atoms with Crippen LogP contribution in [0.5, 0.6) is 0 Å². The number of nitrogens with zero attached hydrogens (tertiary/aromatic N) is 1. The summed E-state index contributed by atoms with van der Waals surface area (Å²) in [7, 11) is 0. The SMILES string of the molecule is NC(=O)[C@]12CCC[C@H]1CN(C(=O)NCc1ccc(Cl)s1)C2. The molecule has 3 rings (SSSR count). The Labute approximate surface area is 132 Å². The first-order valence-electron chi connectivity index (χ1n) is 7.08. The van der Waals surface area contributed by atoms with Gasteiger partial charge >= 0.3 is 6.03 Å². The number of hydrogen-bond acceptors (Lipinski definition) is 3. The Hall–Kier alpha value is -1.27. The summed E-state index contributed by atoms with van der Waals surface area (Å²) >= 11 is 7.32. The summed E-state index contributed by atoms with van der Waals surface area (Å²) in [6.07, 6.45) is 2.81. The van der Waals surface area contributed by atoms with Crippen LogP contribution in [0.15, 0.2) is 12.1 Å². The van der Waals surface area contributed by atoms with Crippen LogP contribution < -0.4 is 11.1 Å². The molecule has 2 atom stereocenters. The molecule has 1 saturated heterocycles. The van der Waals surface area contributed by atoms with E-state index in [2.05, 4.69) is 5.32 Å². The lowest BCUT2D eigenvalue weighted by Gasteiger charge is -2.24. The smallest absolute Gasteiger partial charge is 0.317 e. The van der Waals surface area contributed by atoms with Gasteiger partial charge in [0, 0.05) is 18.0 Å². The molecule has 0 bridgehead atoms. The van der Waals surface area contributed by atoms with E-state index in [0.717, 1.165) is 24.1 Å². The number of halogens is 1. The Morgan fingerprint density at radius 1 is 1.52 bits per heavy atom. The summed E-state index contributed by atoms with van der Waals surface area (Å²) in [6, 6.07) is 3.59. The molecule has 21 heavy (non-hydrogen) atoms. The number of carbonyl (C=O) groups excluding carboxylic acids is 2. The molecule has 5 nitrogen and oxygen atoms in total. The van der Waals surface area contributed by atoms with Gasteiger partial charge in [0.2, 0.25) is 5.91 Å². The zero-order valence-corrected chi connectivity index (χ0v) is 13.2. The molecule has 3 N–H and O–H groups in total. The lowest BCUT2D eigenvalue weighted by atomic mass is 9.80. The third-order valence-electron chi connectivity index (χ3n) is 4.69. The van der Waals surface area contributed by atoms with Crippen molar-refractivity contribution in [3.63, 3.8) is 0 Å². The van der Waals surface area contributed by atoms with Crippen LogP contribution in [0.1, 0.15) is 24.1 Å². The molecule has 1 saturated carbocycles. The summed E-state index contributed by atoms with van der Waals surface area (Å²) in [5, 5.41) is 2.89. The van der Waals surface area contributed by atoms with Gasteiger partial charge in [0.25, 0.3) is 0 Å². The number of thiophene rings is 1. The first-order valence-corrected chi connectivity index (χ1v) is 8.27. The zero-order chi connectivity index (χ0) is 15.0. The normalized spacial score (nSPS) is 27.7. The van der Waals surface area contributed by atoms with Crippen LogP contribution in [0.3, 0.4) is 0 Å². The van der Waals surface area contributed by atoms with Crippen molar-refractivity contribution in [3.05, 3.63) is 21.3 Å². The number of primary amides is 1. The number of carbonyl (C=O) groups is 2. The minimum atomic E-state index is -0.496. The van der Waals surface area contributed by atoms with Crippen molar-refractivity contribution < 1.29 is 9.59 Å². The minimum absolute atomic E-state index is 0.130. The van der Waals surface area contributed by atoms with Crippen LogP contribution in [-0.2, 0) is 11.3 Å². The van der Waals surface area contributed by atoms with E-state index in [4.69, 9.17) is 17.3 Å². The molecule has 2 fully saturated rings. The number of nitrogens with one attached hydrogen (secondary N) is 1. The molecule has 1 aromatic heterocycles. The van der Waals surface area contributed by atoms with Gasteiger partial charge in [0.15, 0.2) is 0 Å². The average molecular weight is 328 g/mol. The number of nitrogens with two attached hydrogens (primary N) is 1. The van der Waals surface area contributed by atoms with E-state index >= 15 is 0 Å². The summed E-state index contributed by atoms with van der Waals surface area (Å²) in [5.41, 5.74) is 5.10. The Morgan fingerprint density at radius 2 is 2.33 bits per heavy atom. The molecule has 7 heteroatoms. The molecule has 1 aliphatic carbocycles. The Kier molecular flexibility index (Phi) is 3.84. The predicted octanol–water partition coefficient (Wildman–Crippen LogP) is 2.20. The highest BCUT2D eigenvalue weighted by Crippen LogP contribution is 2.48. The lowest BCUT2D eigenvalue weighted by molar-refractivity contribution is -0.128. The third-order valence-corrected chi connectivity index (χ3v) is 5.92. The van der Waals surface area contributed by atoms with Crippen molar-refractivity contribution in [3.8, 4) is 0 Å². The van der Waals surface area contributed by atoms with E-state index in [1.807, 2.05) is 12.1 Å².